The molecule has 4 rings (SSSR count). The lowest BCUT2D eigenvalue weighted by molar-refractivity contribution is -0.133. The summed E-state index contributed by atoms with van der Waals surface area (Å²) in [7, 11) is 0. The van der Waals surface area contributed by atoms with Crippen LogP contribution < -0.4 is 0 Å². The lowest BCUT2D eigenvalue weighted by Crippen LogP contribution is -2.42. The number of rotatable bonds is 5. The highest BCUT2D eigenvalue weighted by Crippen LogP contribution is 2.26. The zero-order chi connectivity index (χ0) is 19.5. The molecule has 8 heteroatoms. The summed E-state index contributed by atoms with van der Waals surface area (Å²) in [5.41, 5.74) is 3.59. The summed E-state index contributed by atoms with van der Waals surface area (Å²) >= 11 is 0. The van der Waals surface area contributed by atoms with E-state index in [1.54, 1.807) is 18.9 Å². The number of hydrogen-bond acceptors (Lipinski definition) is 6. The molecular formula is C20H24N6O2. The van der Waals surface area contributed by atoms with Gasteiger partial charge < -0.3 is 14.0 Å². The highest BCUT2D eigenvalue weighted by molar-refractivity contribution is 5.76. The predicted octanol–water partition coefficient (Wildman–Crippen LogP) is 2.43. The van der Waals surface area contributed by atoms with Crippen molar-refractivity contribution in [1.29, 1.82) is 0 Å². The maximum Gasteiger partial charge on any atom is 0.242 e. The van der Waals surface area contributed by atoms with E-state index in [2.05, 4.69) is 20.1 Å². The van der Waals surface area contributed by atoms with Gasteiger partial charge in [-0.3, -0.25) is 4.79 Å². The molecule has 4 heterocycles. The van der Waals surface area contributed by atoms with Crippen LogP contribution in [0.5, 0.6) is 0 Å². The van der Waals surface area contributed by atoms with Crippen molar-refractivity contribution in [2.45, 2.75) is 39.7 Å². The van der Waals surface area contributed by atoms with Gasteiger partial charge in [0, 0.05) is 31.2 Å². The second-order valence-electron chi connectivity index (χ2n) is 7.38. The molecule has 0 radical (unpaired) electrons. The lowest BCUT2D eigenvalue weighted by atomic mass is 9.92. The molecule has 1 amide bonds. The molecule has 1 unspecified atom stereocenters. The van der Waals surface area contributed by atoms with E-state index in [0.29, 0.717) is 12.5 Å². The van der Waals surface area contributed by atoms with Gasteiger partial charge in [-0.15, -0.1) is 0 Å². The Morgan fingerprint density at radius 1 is 1.32 bits per heavy atom. The molecule has 0 aromatic carbocycles. The third-order valence-electron chi connectivity index (χ3n) is 5.26. The SMILES string of the molecule is Cc1noc(C)c1-c1cc(CC2CCCN(C(=O)Cn3ccnc3)C2)ncn1. The zero-order valence-corrected chi connectivity index (χ0v) is 16.2. The Kier molecular flexibility index (Phi) is 5.18. The van der Waals surface area contributed by atoms with Crippen LogP contribution in [-0.4, -0.2) is 48.6 Å². The van der Waals surface area contributed by atoms with Crippen LogP contribution >= 0.6 is 0 Å². The van der Waals surface area contributed by atoms with Gasteiger partial charge in [-0.05, 0) is 45.1 Å². The van der Waals surface area contributed by atoms with Crippen LogP contribution in [0.25, 0.3) is 11.3 Å². The number of imidazole rings is 1. The fraction of sp³-hybridized carbons (Fsp3) is 0.450. The molecule has 0 aliphatic carbocycles. The molecule has 0 saturated carbocycles. The molecule has 1 aliphatic rings. The molecule has 1 saturated heterocycles. The first-order valence-corrected chi connectivity index (χ1v) is 9.58. The van der Waals surface area contributed by atoms with Crippen molar-refractivity contribution in [3.05, 3.63) is 48.3 Å². The minimum absolute atomic E-state index is 0.141. The normalized spacial score (nSPS) is 17.1. The van der Waals surface area contributed by atoms with Crippen molar-refractivity contribution in [2.75, 3.05) is 13.1 Å². The molecule has 1 aliphatic heterocycles. The Hall–Kier alpha value is -3.03. The second kappa shape index (κ2) is 7.92. The fourth-order valence-corrected chi connectivity index (χ4v) is 3.89. The van der Waals surface area contributed by atoms with E-state index in [1.165, 1.54) is 0 Å². The van der Waals surface area contributed by atoms with Crippen LogP contribution in [0.4, 0.5) is 0 Å². The highest BCUT2D eigenvalue weighted by atomic mass is 16.5. The van der Waals surface area contributed by atoms with E-state index in [4.69, 9.17) is 4.52 Å². The molecule has 0 spiro atoms. The predicted molar refractivity (Wildman–Crippen MR) is 102 cm³/mol. The van der Waals surface area contributed by atoms with Gasteiger partial charge in [-0.2, -0.15) is 0 Å². The molecule has 0 N–H and O–H groups in total. The fourth-order valence-electron chi connectivity index (χ4n) is 3.89. The van der Waals surface area contributed by atoms with Crippen LogP contribution in [0, 0.1) is 19.8 Å². The molecular weight excluding hydrogens is 356 g/mol. The molecule has 1 atom stereocenters. The minimum Gasteiger partial charge on any atom is -0.361 e. The number of aromatic nitrogens is 5. The number of nitrogens with zero attached hydrogens (tertiary/aromatic N) is 6. The van der Waals surface area contributed by atoms with Crippen molar-refractivity contribution in [3.63, 3.8) is 0 Å². The van der Waals surface area contributed by atoms with E-state index in [0.717, 1.165) is 60.8 Å². The summed E-state index contributed by atoms with van der Waals surface area (Å²) in [6.07, 6.45) is 9.72. The Morgan fingerprint density at radius 2 is 2.21 bits per heavy atom. The maximum atomic E-state index is 12.6. The van der Waals surface area contributed by atoms with E-state index in [-0.39, 0.29) is 5.91 Å². The van der Waals surface area contributed by atoms with Gasteiger partial charge in [0.2, 0.25) is 5.91 Å². The number of aryl methyl sites for hydroxylation is 2. The van der Waals surface area contributed by atoms with Crippen molar-refractivity contribution in [3.8, 4) is 11.3 Å². The summed E-state index contributed by atoms with van der Waals surface area (Å²) in [4.78, 5) is 27.4. The molecule has 146 valence electrons. The Balaban J connectivity index is 1.43. The topological polar surface area (TPSA) is 89.9 Å². The number of likely N-dealkylation sites (tertiary alicyclic amines) is 1. The number of carbonyl (C=O) groups is 1. The molecule has 28 heavy (non-hydrogen) atoms. The number of carbonyl (C=O) groups excluding carboxylic acids is 1. The van der Waals surface area contributed by atoms with Crippen LogP contribution in [0.15, 0.2) is 35.6 Å². The maximum absolute atomic E-state index is 12.6. The van der Waals surface area contributed by atoms with E-state index in [1.807, 2.05) is 35.6 Å². The lowest BCUT2D eigenvalue weighted by Gasteiger charge is -2.32. The average molecular weight is 380 g/mol. The van der Waals surface area contributed by atoms with Gasteiger partial charge in [0.05, 0.1) is 23.3 Å². The first-order chi connectivity index (χ1) is 13.6. The van der Waals surface area contributed by atoms with E-state index in [9.17, 15) is 4.79 Å². The van der Waals surface area contributed by atoms with E-state index >= 15 is 0 Å². The van der Waals surface area contributed by atoms with Crippen LogP contribution in [-0.2, 0) is 17.8 Å². The molecule has 3 aromatic rings. The van der Waals surface area contributed by atoms with Crippen LogP contribution in [0.3, 0.4) is 0 Å². The Bertz CT molecular complexity index is 930. The quantitative estimate of drug-likeness (QED) is 0.675. The summed E-state index contributed by atoms with van der Waals surface area (Å²) in [5, 5.41) is 4.01. The van der Waals surface area contributed by atoms with Gasteiger partial charge in [-0.1, -0.05) is 5.16 Å². The van der Waals surface area contributed by atoms with Crippen molar-refractivity contribution in [1.82, 2.24) is 29.6 Å². The highest BCUT2D eigenvalue weighted by Gasteiger charge is 2.24. The summed E-state index contributed by atoms with van der Waals surface area (Å²) in [5.74, 6) is 1.30. The van der Waals surface area contributed by atoms with Crippen LogP contribution in [0.2, 0.25) is 0 Å². The van der Waals surface area contributed by atoms with Crippen molar-refractivity contribution >= 4 is 5.91 Å². The Labute approximate surface area is 163 Å². The first-order valence-electron chi connectivity index (χ1n) is 9.58. The zero-order valence-electron chi connectivity index (χ0n) is 16.2. The summed E-state index contributed by atoms with van der Waals surface area (Å²) in [6.45, 7) is 5.73. The van der Waals surface area contributed by atoms with Crippen LogP contribution in [0.1, 0.15) is 30.0 Å². The number of amides is 1. The standard InChI is InChI=1S/C20H24N6O2/c1-14-20(15(2)28-24-14)18-9-17(22-12-23-18)8-16-4-3-6-26(10-16)19(27)11-25-7-5-21-13-25/h5,7,9,12-13,16H,3-4,6,8,10-11H2,1-2H3. The van der Waals surface area contributed by atoms with Crippen molar-refractivity contribution in [2.24, 2.45) is 5.92 Å². The monoisotopic (exact) mass is 380 g/mol. The van der Waals surface area contributed by atoms with Gasteiger partial charge in [-0.25, -0.2) is 15.0 Å². The van der Waals surface area contributed by atoms with Gasteiger partial charge >= 0.3 is 0 Å². The smallest absolute Gasteiger partial charge is 0.242 e. The van der Waals surface area contributed by atoms with Gasteiger partial charge in [0.1, 0.15) is 18.6 Å². The van der Waals surface area contributed by atoms with E-state index < -0.39 is 0 Å². The number of hydrogen-bond donors (Lipinski definition) is 0. The average Bonchev–Trinajstić information content (AvgIpc) is 3.32. The minimum atomic E-state index is 0.141. The third kappa shape index (κ3) is 3.95. The largest absolute Gasteiger partial charge is 0.361 e. The van der Waals surface area contributed by atoms with Gasteiger partial charge in [0.15, 0.2) is 0 Å². The molecule has 0 bridgehead atoms. The number of piperidine rings is 1. The first kappa shape index (κ1) is 18.3. The molecule has 3 aromatic heterocycles. The molecule has 1 fully saturated rings. The second-order valence-corrected chi connectivity index (χ2v) is 7.38. The Morgan fingerprint density at radius 3 is 2.96 bits per heavy atom. The third-order valence-corrected chi connectivity index (χ3v) is 5.26. The van der Waals surface area contributed by atoms with Crippen molar-refractivity contribution < 1.29 is 9.32 Å². The van der Waals surface area contributed by atoms with Gasteiger partial charge in [0.25, 0.3) is 0 Å². The summed E-state index contributed by atoms with van der Waals surface area (Å²) in [6, 6.07) is 2.01. The molecule has 8 nitrogen and oxygen atoms in total. The summed E-state index contributed by atoms with van der Waals surface area (Å²) < 4.78 is 7.07.